The van der Waals surface area contributed by atoms with Crippen molar-refractivity contribution in [3.8, 4) is 0 Å². The van der Waals surface area contributed by atoms with Crippen LogP contribution >= 0.6 is 0 Å². The largest absolute Gasteiger partial charge is 0.447 e. The SMILES string of the molecule is Cc1ccc(C)c(NC(=O)C(OC(=O)CCc2nc3ccccc3c(=O)n2C2CC2)c2ccccc2)c1. The predicted octanol–water partition coefficient (Wildman–Crippen LogP) is 5.20. The van der Waals surface area contributed by atoms with Gasteiger partial charge in [0.2, 0.25) is 6.10 Å². The Balaban J connectivity index is 1.35. The van der Waals surface area contributed by atoms with E-state index in [4.69, 9.17) is 9.72 Å². The molecule has 1 fully saturated rings. The summed E-state index contributed by atoms with van der Waals surface area (Å²) < 4.78 is 7.45. The van der Waals surface area contributed by atoms with Gasteiger partial charge in [-0.15, -0.1) is 0 Å². The number of nitrogens with one attached hydrogen (secondary N) is 1. The van der Waals surface area contributed by atoms with E-state index in [1.807, 2.05) is 50.2 Å². The molecule has 1 N–H and O–H groups in total. The molecule has 1 saturated carbocycles. The summed E-state index contributed by atoms with van der Waals surface area (Å²) in [6.45, 7) is 3.86. The van der Waals surface area contributed by atoms with Crippen molar-refractivity contribution in [3.05, 3.63) is 106 Å². The maximum Gasteiger partial charge on any atom is 0.307 e. The summed E-state index contributed by atoms with van der Waals surface area (Å²) in [5, 5.41) is 3.49. The highest BCUT2D eigenvalue weighted by molar-refractivity contribution is 5.96. The van der Waals surface area contributed by atoms with E-state index in [9.17, 15) is 14.4 Å². The van der Waals surface area contributed by atoms with Crippen molar-refractivity contribution in [3.63, 3.8) is 0 Å². The number of amides is 1. The average Bonchev–Trinajstić information content (AvgIpc) is 3.74. The summed E-state index contributed by atoms with van der Waals surface area (Å²) in [6, 6.07) is 22.1. The molecule has 1 amide bonds. The molecule has 1 aliphatic carbocycles. The summed E-state index contributed by atoms with van der Waals surface area (Å²) >= 11 is 0. The second-order valence-electron chi connectivity index (χ2n) is 9.54. The number of benzene rings is 3. The number of anilines is 1. The first-order chi connectivity index (χ1) is 17.9. The van der Waals surface area contributed by atoms with E-state index < -0.39 is 18.0 Å². The Morgan fingerprint density at radius 1 is 1.03 bits per heavy atom. The lowest BCUT2D eigenvalue weighted by atomic mass is 10.1. The Labute approximate surface area is 215 Å². The van der Waals surface area contributed by atoms with Crippen LogP contribution in [0.5, 0.6) is 0 Å². The number of ether oxygens (including phenoxy) is 1. The van der Waals surface area contributed by atoms with E-state index in [2.05, 4.69) is 5.32 Å². The van der Waals surface area contributed by atoms with Gasteiger partial charge < -0.3 is 10.1 Å². The first-order valence-corrected chi connectivity index (χ1v) is 12.5. The molecule has 0 saturated heterocycles. The molecule has 188 valence electrons. The van der Waals surface area contributed by atoms with Crippen LogP contribution in [0.25, 0.3) is 10.9 Å². The van der Waals surface area contributed by atoms with Crippen molar-refractivity contribution in [2.75, 3.05) is 5.32 Å². The Morgan fingerprint density at radius 2 is 1.76 bits per heavy atom. The lowest BCUT2D eigenvalue weighted by Gasteiger charge is -2.19. The number of hydrogen-bond acceptors (Lipinski definition) is 5. The van der Waals surface area contributed by atoms with Gasteiger partial charge in [0.1, 0.15) is 5.82 Å². The van der Waals surface area contributed by atoms with Crippen LogP contribution in [0.15, 0.2) is 77.6 Å². The number of rotatable bonds is 8. The van der Waals surface area contributed by atoms with Gasteiger partial charge in [-0.25, -0.2) is 4.98 Å². The number of aryl methyl sites for hydroxylation is 3. The van der Waals surface area contributed by atoms with Crippen LogP contribution < -0.4 is 10.9 Å². The fraction of sp³-hybridized carbons (Fsp3) is 0.267. The Bertz CT molecular complexity index is 1520. The maximum atomic E-state index is 13.3. The van der Waals surface area contributed by atoms with Crippen molar-refractivity contribution < 1.29 is 14.3 Å². The molecule has 1 aliphatic rings. The van der Waals surface area contributed by atoms with Crippen LogP contribution in [0.3, 0.4) is 0 Å². The molecule has 0 spiro atoms. The van der Waals surface area contributed by atoms with E-state index >= 15 is 0 Å². The fourth-order valence-corrected chi connectivity index (χ4v) is 4.45. The predicted molar refractivity (Wildman–Crippen MR) is 142 cm³/mol. The minimum atomic E-state index is -1.11. The van der Waals surface area contributed by atoms with Crippen molar-refractivity contribution in [1.82, 2.24) is 9.55 Å². The molecule has 1 aromatic heterocycles. The monoisotopic (exact) mass is 495 g/mol. The van der Waals surface area contributed by atoms with E-state index in [0.29, 0.717) is 28.0 Å². The van der Waals surface area contributed by atoms with Crippen molar-refractivity contribution >= 4 is 28.5 Å². The lowest BCUT2D eigenvalue weighted by molar-refractivity contribution is -0.154. The van der Waals surface area contributed by atoms with E-state index in [1.54, 1.807) is 41.0 Å². The van der Waals surface area contributed by atoms with E-state index in [1.165, 1.54) is 0 Å². The van der Waals surface area contributed by atoms with Crippen LogP contribution in [-0.4, -0.2) is 21.4 Å². The summed E-state index contributed by atoms with van der Waals surface area (Å²) in [5.41, 5.74) is 3.72. The highest BCUT2D eigenvalue weighted by atomic mass is 16.5. The molecular weight excluding hydrogens is 466 g/mol. The van der Waals surface area contributed by atoms with Crippen molar-refractivity contribution in [2.45, 2.75) is 51.7 Å². The smallest absolute Gasteiger partial charge is 0.307 e. The third-order valence-corrected chi connectivity index (χ3v) is 6.59. The minimum absolute atomic E-state index is 0.00239. The van der Waals surface area contributed by atoms with E-state index in [0.717, 1.165) is 24.0 Å². The average molecular weight is 496 g/mol. The number of esters is 1. The quantitative estimate of drug-likeness (QED) is 0.339. The molecule has 1 heterocycles. The van der Waals surface area contributed by atoms with Gasteiger partial charge in [-0.3, -0.25) is 19.0 Å². The summed E-state index contributed by atoms with van der Waals surface area (Å²) in [4.78, 5) is 44.1. The molecule has 4 aromatic rings. The van der Waals surface area contributed by atoms with Gasteiger partial charge in [-0.05, 0) is 56.0 Å². The first kappa shape index (κ1) is 24.4. The van der Waals surface area contributed by atoms with Crippen LogP contribution in [-0.2, 0) is 20.7 Å². The van der Waals surface area contributed by atoms with Gasteiger partial charge in [0.15, 0.2) is 0 Å². The summed E-state index contributed by atoms with van der Waals surface area (Å²) in [5.74, 6) is -0.388. The minimum Gasteiger partial charge on any atom is -0.447 e. The van der Waals surface area contributed by atoms with Gasteiger partial charge in [0, 0.05) is 23.7 Å². The first-order valence-electron chi connectivity index (χ1n) is 12.5. The third-order valence-electron chi connectivity index (χ3n) is 6.59. The number of para-hydroxylation sites is 1. The highest BCUT2D eigenvalue weighted by Crippen LogP contribution is 2.35. The van der Waals surface area contributed by atoms with Crippen LogP contribution in [0, 0.1) is 13.8 Å². The highest BCUT2D eigenvalue weighted by Gasteiger charge is 2.29. The van der Waals surface area contributed by atoms with Crippen molar-refractivity contribution in [2.24, 2.45) is 0 Å². The van der Waals surface area contributed by atoms with Gasteiger partial charge in [-0.1, -0.05) is 54.6 Å². The van der Waals surface area contributed by atoms with Crippen LogP contribution in [0.1, 0.15) is 53.9 Å². The zero-order valence-corrected chi connectivity index (χ0v) is 20.9. The maximum absolute atomic E-state index is 13.3. The molecule has 1 unspecified atom stereocenters. The third kappa shape index (κ3) is 5.45. The normalized spacial score (nSPS) is 13.8. The standard InChI is InChI=1S/C30H29N3O4/c1-19-12-13-20(2)25(18-19)32-29(35)28(21-8-4-3-5-9-21)37-27(34)17-16-26-31-24-11-7-6-10-23(24)30(36)33(26)22-14-15-22/h3-13,18,22,28H,14-17H2,1-2H3,(H,32,35). The number of aromatic nitrogens is 2. The lowest BCUT2D eigenvalue weighted by Crippen LogP contribution is -2.27. The van der Waals surface area contributed by atoms with Crippen LogP contribution in [0.4, 0.5) is 5.69 Å². The second kappa shape index (κ2) is 10.4. The van der Waals surface area contributed by atoms with Gasteiger partial charge in [-0.2, -0.15) is 0 Å². The molecule has 3 aromatic carbocycles. The Kier molecular flexibility index (Phi) is 6.86. The van der Waals surface area contributed by atoms with Gasteiger partial charge in [0.05, 0.1) is 17.3 Å². The topological polar surface area (TPSA) is 90.3 Å². The van der Waals surface area contributed by atoms with Gasteiger partial charge >= 0.3 is 5.97 Å². The molecule has 0 radical (unpaired) electrons. The number of fused-ring (bicyclic) bond motifs is 1. The Morgan fingerprint density at radius 3 is 2.51 bits per heavy atom. The molecule has 37 heavy (non-hydrogen) atoms. The number of nitrogens with zero attached hydrogens (tertiary/aromatic N) is 2. The second-order valence-corrected chi connectivity index (χ2v) is 9.54. The number of carbonyl (C=O) groups excluding carboxylic acids is 2. The van der Waals surface area contributed by atoms with Gasteiger partial charge in [0.25, 0.3) is 11.5 Å². The molecule has 7 nitrogen and oxygen atoms in total. The summed E-state index contributed by atoms with van der Waals surface area (Å²) in [7, 11) is 0. The van der Waals surface area contributed by atoms with Crippen molar-refractivity contribution in [1.29, 1.82) is 0 Å². The fourth-order valence-electron chi connectivity index (χ4n) is 4.45. The zero-order valence-electron chi connectivity index (χ0n) is 20.9. The Hall–Kier alpha value is -4.26. The molecule has 0 bridgehead atoms. The van der Waals surface area contributed by atoms with E-state index in [-0.39, 0.29) is 24.4 Å². The molecule has 5 rings (SSSR count). The molecule has 0 aliphatic heterocycles. The zero-order chi connectivity index (χ0) is 25.9. The molecule has 7 heteroatoms. The number of carbonyl (C=O) groups is 2. The molecular formula is C30H29N3O4. The number of hydrogen-bond donors (Lipinski definition) is 1. The summed E-state index contributed by atoms with van der Waals surface area (Å²) in [6.07, 6.45) is 0.981. The molecule has 1 atom stereocenters. The van der Waals surface area contributed by atoms with Crippen LogP contribution in [0.2, 0.25) is 0 Å².